The minimum Gasteiger partial charge on any atom is -0.379 e. The zero-order valence-electron chi connectivity index (χ0n) is 22.7. The van der Waals surface area contributed by atoms with Crippen LogP contribution in [0.25, 0.3) is 11.3 Å². The van der Waals surface area contributed by atoms with Gasteiger partial charge in [0.2, 0.25) is 0 Å². The molecule has 0 radical (unpaired) electrons. The molecule has 12 heteroatoms. The number of hydrogen-bond donors (Lipinski definition) is 1. The van der Waals surface area contributed by atoms with E-state index in [1.54, 1.807) is 12.1 Å². The Balaban J connectivity index is 1.23. The van der Waals surface area contributed by atoms with Crippen LogP contribution in [-0.4, -0.2) is 62.6 Å². The Hall–Kier alpha value is -4.39. The highest BCUT2D eigenvalue weighted by atomic mass is 32.2. The van der Waals surface area contributed by atoms with E-state index in [-0.39, 0.29) is 12.2 Å². The molecule has 218 valence electrons. The van der Waals surface area contributed by atoms with E-state index in [0.29, 0.717) is 16.0 Å². The molecule has 42 heavy (non-hydrogen) atoms. The number of rotatable bonds is 12. The first-order valence-corrected chi connectivity index (χ1v) is 14.9. The molecule has 0 saturated carbocycles. The number of benzene rings is 3. The van der Waals surface area contributed by atoms with Gasteiger partial charge in [-0.15, -0.1) is 0 Å². The number of ether oxygens (including phenoxy) is 1. The summed E-state index contributed by atoms with van der Waals surface area (Å²) in [6, 6.07) is 21.0. The van der Waals surface area contributed by atoms with Crippen molar-refractivity contribution in [2.24, 2.45) is 0 Å². The maximum atomic E-state index is 14.2. The number of sulfonamides is 1. The summed E-state index contributed by atoms with van der Waals surface area (Å²) >= 11 is 0. The van der Waals surface area contributed by atoms with E-state index in [9.17, 15) is 17.6 Å². The highest BCUT2D eigenvalue weighted by Gasteiger charge is 2.29. The fourth-order valence-corrected chi connectivity index (χ4v) is 5.90. The lowest BCUT2D eigenvalue weighted by Gasteiger charge is -2.26. The fourth-order valence-electron chi connectivity index (χ4n) is 4.61. The minimum atomic E-state index is -4.51. The Morgan fingerprint density at radius 1 is 1.00 bits per heavy atom. The molecule has 4 aromatic rings. The molecule has 1 fully saturated rings. The van der Waals surface area contributed by atoms with Crippen LogP contribution in [0.2, 0.25) is 0 Å². The van der Waals surface area contributed by atoms with Crippen LogP contribution in [0.4, 0.5) is 21.6 Å². The molecule has 1 N–H and O–H groups in total. The van der Waals surface area contributed by atoms with Crippen LogP contribution < -0.4 is 9.79 Å². The zero-order chi connectivity index (χ0) is 29.4. The third-order valence-electron chi connectivity index (χ3n) is 6.78. The van der Waals surface area contributed by atoms with Gasteiger partial charge in [0.25, 0.3) is 10.0 Å². The van der Waals surface area contributed by atoms with E-state index >= 15 is 0 Å². The molecule has 0 atom stereocenters. The van der Waals surface area contributed by atoms with Crippen molar-refractivity contribution in [2.45, 2.75) is 17.7 Å². The predicted octanol–water partition coefficient (Wildman–Crippen LogP) is 4.57. The number of carbonyl (C=O) groups is 1. The van der Waals surface area contributed by atoms with Crippen LogP contribution >= 0.6 is 0 Å². The predicted molar refractivity (Wildman–Crippen MR) is 156 cm³/mol. The second-order valence-electron chi connectivity index (χ2n) is 9.58. The number of morpholine rings is 1. The molecular formula is C30H30FN5O5S. The van der Waals surface area contributed by atoms with Crippen LogP contribution in [0.1, 0.15) is 12.0 Å². The van der Waals surface area contributed by atoms with Gasteiger partial charge in [-0.05, 0) is 61.3 Å². The number of anilines is 3. The Labute approximate surface area is 243 Å². The Bertz CT molecular complexity index is 1600. The molecule has 1 aromatic heterocycles. The summed E-state index contributed by atoms with van der Waals surface area (Å²) in [5.41, 5.74) is 3.56. The number of carbonyl (C=O) groups excluding carboxylic acids is 1. The molecule has 0 bridgehead atoms. The van der Waals surface area contributed by atoms with Crippen LogP contribution in [-0.2, 0) is 30.8 Å². The number of halogens is 1. The van der Waals surface area contributed by atoms with Gasteiger partial charge in [0.05, 0.1) is 24.6 Å². The lowest BCUT2D eigenvalue weighted by Crippen LogP contribution is -2.36. The lowest BCUT2D eigenvalue weighted by atomic mass is 10.1. The van der Waals surface area contributed by atoms with Gasteiger partial charge in [0.1, 0.15) is 22.9 Å². The molecule has 2 heterocycles. The zero-order valence-corrected chi connectivity index (χ0v) is 23.5. The van der Waals surface area contributed by atoms with Crippen molar-refractivity contribution >= 4 is 33.7 Å². The summed E-state index contributed by atoms with van der Waals surface area (Å²) in [6.45, 7) is 4.65. The quantitative estimate of drug-likeness (QED) is 0.187. The van der Waals surface area contributed by atoms with Crippen molar-refractivity contribution in [3.05, 3.63) is 96.6 Å². The summed E-state index contributed by atoms with van der Waals surface area (Å²) in [6.07, 6.45) is 3.55. The standard InChI is InChI=1S/C30H30FN5O5S/c31-27-5-1-2-6-29(27)42(38,39)36(41-22-37)26-13-11-25(12-14-26)34-30-20-28(32-21-33-30)24-9-7-23(8-10-24)4-3-15-35-16-18-40-19-17-35/h1-2,5-14,20-22H,3-4,15-19H2,(H,32,33,34). The maximum absolute atomic E-state index is 14.2. The average Bonchev–Trinajstić information content (AvgIpc) is 3.01. The number of aryl methyl sites for hydroxylation is 1. The molecule has 1 saturated heterocycles. The Kier molecular flexibility index (Phi) is 9.37. The molecule has 10 nitrogen and oxygen atoms in total. The van der Waals surface area contributed by atoms with Crippen molar-refractivity contribution in [3.8, 4) is 11.3 Å². The Morgan fingerprint density at radius 3 is 2.45 bits per heavy atom. The first kappa shape index (κ1) is 29.1. The molecule has 0 spiro atoms. The molecule has 3 aromatic carbocycles. The van der Waals surface area contributed by atoms with Gasteiger partial charge in [0.15, 0.2) is 0 Å². The fraction of sp³-hybridized carbons (Fsp3) is 0.233. The third kappa shape index (κ3) is 7.08. The van der Waals surface area contributed by atoms with E-state index < -0.39 is 20.7 Å². The Morgan fingerprint density at radius 2 is 1.74 bits per heavy atom. The second kappa shape index (κ2) is 13.5. The van der Waals surface area contributed by atoms with Crippen molar-refractivity contribution in [3.63, 3.8) is 0 Å². The van der Waals surface area contributed by atoms with Gasteiger partial charge in [-0.3, -0.25) is 9.69 Å². The highest BCUT2D eigenvalue weighted by Crippen LogP contribution is 2.28. The van der Waals surface area contributed by atoms with Gasteiger partial charge in [-0.1, -0.05) is 40.9 Å². The SMILES string of the molecule is O=CON(c1ccc(Nc2cc(-c3ccc(CCCN4CCOCC4)cc3)ncn2)cc1)S(=O)(=O)c1ccccc1F. The average molecular weight is 592 g/mol. The van der Waals surface area contributed by atoms with Crippen molar-refractivity contribution in [1.82, 2.24) is 14.9 Å². The molecule has 0 amide bonds. The van der Waals surface area contributed by atoms with E-state index in [0.717, 1.165) is 69.1 Å². The second-order valence-corrected chi connectivity index (χ2v) is 11.3. The van der Waals surface area contributed by atoms with E-state index in [1.165, 1.54) is 36.2 Å². The topological polar surface area (TPSA) is 114 Å². The van der Waals surface area contributed by atoms with Gasteiger partial charge in [0, 0.05) is 30.4 Å². The number of hydrogen-bond acceptors (Lipinski definition) is 9. The summed E-state index contributed by atoms with van der Waals surface area (Å²) in [5, 5.41) is 3.16. The number of nitrogens with one attached hydrogen (secondary N) is 1. The molecule has 0 aliphatic carbocycles. The summed E-state index contributed by atoms with van der Waals surface area (Å²) in [4.78, 5) is 26.3. The summed E-state index contributed by atoms with van der Waals surface area (Å²) in [5.74, 6) is -0.435. The molecule has 1 aliphatic rings. The largest absolute Gasteiger partial charge is 0.379 e. The molecule has 1 aliphatic heterocycles. The van der Waals surface area contributed by atoms with Crippen LogP contribution in [0.15, 0.2) is 90.1 Å². The van der Waals surface area contributed by atoms with Gasteiger partial charge in [-0.2, -0.15) is 8.42 Å². The minimum absolute atomic E-state index is 0.00399. The van der Waals surface area contributed by atoms with Crippen LogP contribution in [0, 0.1) is 5.82 Å². The molecular weight excluding hydrogens is 561 g/mol. The summed E-state index contributed by atoms with van der Waals surface area (Å²) < 4.78 is 46.0. The van der Waals surface area contributed by atoms with E-state index in [1.807, 2.05) is 18.2 Å². The molecule has 0 unspecified atom stereocenters. The van der Waals surface area contributed by atoms with Crippen molar-refractivity contribution in [1.29, 1.82) is 0 Å². The smallest absolute Gasteiger partial charge is 0.322 e. The van der Waals surface area contributed by atoms with Gasteiger partial charge in [-0.25, -0.2) is 14.4 Å². The first-order chi connectivity index (χ1) is 20.4. The van der Waals surface area contributed by atoms with Crippen LogP contribution in [0.5, 0.6) is 0 Å². The van der Waals surface area contributed by atoms with E-state index in [2.05, 4.69) is 32.3 Å². The third-order valence-corrected chi connectivity index (χ3v) is 8.40. The lowest BCUT2D eigenvalue weighted by molar-refractivity contribution is -0.128. The number of nitrogens with zero attached hydrogens (tertiary/aromatic N) is 4. The van der Waals surface area contributed by atoms with E-state index in [4.69, 9.17) is 9.57 Å². The maximum Gasteiger partial charge on any atom is 0.322 e. The monoisotopic (exact) mass is 591 g/mol. The molecule has 5 rings (SSSR count). The number of aromatic nitrogens is 2. The van der Waals surface area contributed by atoms with Crippen LogP contribution in [0.3, 0.4) is 0 Å². The van der Waals surface area contributed by atoms with Crippen molar-refractivity contribution < 1.29 is 27.2 Å². The summed E-state index contributed by atoms with van der Waals surface area (Å²) in [7, 11) is -4.51. The van der Waals surface area contributed by atoms with Gasteiger partial charge >= 0.3 is 6.47 Å². The normalized spacial score (nSPS) is 13.8. The van der Waals surface area contributed by atoms with Crippen molar-refractivity contribution in [2.75, 3.05) is 42.6 Å². The first-order valence-electron chi connectivity index (χ1n) is 13.4. The van der Waals surface area contributed by atoms with Gasteiger partial charge < -0.3 is 14.9 Å². The highest BCUT2D eigenvalue weighted by molar-refractivity contribution is 7.92.